The van der Waals surface area contributed by atoms with E-state index in [0.717, 1.165) is 36.8 Å². The second-order valence-corrected chi connectivity index (χ2v) is 8.38. The van der Waals surface area contributed by atoms with Crippen molar-refractivity contribution in [2.45, 2.75) is 33.2 Å². The minimum absolute atomic E-state index is 0.657. The Morgan fingerprint density at radius 3 is 2.65 bits per heavy atom. The third kappa shape index (κ3) is 5.36. The van der Waals surface area contributed by atoms with Gasteiger partial charge in [0.1, 0.15) is 5.76 Å². The van der Waals surface area contributed by atoms with E-state index in [2.05, 4.69) is 71.5 Å². The van der Waals surface area contributed by atoms with E-state index >= 15 is 0 Å². The van der Waals surface area contributed by atoms with Gasteiger partial charge in [0, 0.05) is 29.7 Å². The van der Waals surface area contributed by atoms with Crippen LogP contribution in [0.5, 0.6) is 0 Å². The second-order valence-electron chi connectivity index (χ2n) is 8.00. The minimum atomic E-state index is 0.657. The van der Waals surface area contributed by atoms with Crippen molar-refractivity contribution in [3.05, 3.63) is 95.1 Å². The first-order chi connectivity index (χ1) is 15.1. The quantitative estimate of drug-likeness (QED) is 0.360. The molecule has 0 amide bonds. The van der Waals surface area contributed by atoms with Crippen LogP contribution in [-0.2, 0) is 19.4 Å². The fraction of sp³-hybridized carbons (Fsp3) is 0.269. The Bertz CT molecular complexity index is 1130. The average molecular weight is 432 g/mol. The summed E-state index contributed by atoms with van der Waals surface area (Å²) in [6.07, 6.45) is 3.57. The Labute approximate surface area is 189 Å². The van der Waals surface area contributed by atoms with Gasteiger partial charge in [0.2, 0.25) is 0 Å². The number of fused-ring (bicyclic) bond motifs is 1. The molecule has 4 aromatic rings. The summed E-state index contributed by atoms with van der Waals surface area (Å²) in [7, 11) is 0. The second kappa shape index (κ2) is 9.84. The van der Waals surface area contributed by atoms with Crippen molar-refractivity contribution < 1.29 is 4.42 Å². The van der Waals surface area contributed by atoms with Gasteiger partial charge in [-0.3, -0.25) is 0 Å². The van der Waals surface area contributed by atoms with E-state index in [0.29, 0.717) is 6.54 Å². The molecule has 0 saturated carbocycles. The molecule has 0 aliphatic heterocycles. The van der Waals surface area contributed by atoms with Gasteiger partial charge in [-0.25, -0.2) is 0 Å². The number of benzene rings is 2. The standard InChI is InChI=1S/C26H29N3OS/c1-19-10-11-25-24(17-19)23(20(2)28-25)13-15-29(18-22-9-6-16-30-22)26(31)27-14-12-21-7-4-3-5-8-21/h3-11,16-17,28H,12-15,18H2,1-2H3,(H,27,31). The predicted octanol–water partition coefficient (Wildman–Crippen LogP) is 5.54. The zero-order chi connectivity index (χ0) is 21.6. The molecule has 4 nitrogen and oxygen atoms in total. The van der Waals surface area contributed by atoms with Gasteiger partial charge in [-0.15, -0.1) is 0 Å². The van der Waals surface area contributed by atoms with Crippen LogP contribution in [0.2, 0.25) is 0 Å². The first-order valence-corrected chi connectivity index (χ1v) is 11.2. The van der Waals surface area contributed by atoms with Crippen LogP contribution in [-0.4, -0.2) is 28.1 Å². The van der Waals surface area contributed by atoms with Crippen molar-refractivity contribution in [2.24, 2.45) is 0 Å². The number of nitrogens with zero attached hydrogens (tertiary/aromatic N) is 1. The van der Waals surface area contributed by atoms with Crippen LogP contribution in [0.4, 0.5) is 0 Å². The Kier molecular flexibility index (Phi) is 6.73. The molecule has 0 bridgehead atoms. The lowest BCUT2D eigenvalue weighted by Gasteiger charge is -2.25. The number of H-pyrrole nitrogens is 1. The summed E-state index contributed by atoms with van der Waals surface area (Å²) in [4.78, 5) is 5.72. The van der Waals surface area contributed by atoms with Crippen molar-refractivity contribution >= 4 is 28.2 Å². The molecule has 0 fully saturated rings. The number of rotatable bonds is 8. The first-order valence-electron chi connectivity index (χ1n) is 10.8. The number of furan rings is 1. The molecule has 0 aliphatic carbocycles. The van der Waals surface area contributed by atoms with Crippen LogP contribution in [0.3, 0.4) is 0 Å². The molecule has 0 aliphatic rings. The largest absolute Gasteiger partial charge is 0.467 e. The predicted molar refractivity (Wildman–Crippen MR) is 131 cm³/mol. The number of thiocarbonyl (C=S) groups is 1. The molecule has 2 aromatic carbocycles. The molecule has 0 saturated heterocycles. The zero-order valence-corrected chi connectivity index (χ0v) is 19.0. The van der Waals surface area contributed by atoms with E-state index in [1.165, 1.54) is 33.3 Å². The normalized spacial score (nSPS) is 11.0. The fourth-order valence-electron chi connectivity index (χ4n) is 3.98. The van der Waals surface area contributed by atoms with Crippen molar-refractivity contribution in [3.8, 4) is 0 Å². The van der Waals surface area contributed by atoms with E-state index in [1.54, 1.807) is 6.26 Å². The van der Waals surface area contributed by atoms with Crippen molar-refractivity contribution in [2.75, 3.05) is 13.1 Å². The SMILES string of the molecule is Cc1ccc2[nH]c(C)c(CCN(Cc3ccco3)C(=S)NCCc3ccccc3)c2c1. The Hall–Kier alpha value is -3.05. The maximum atomic E-state index is 5.77. The van der Waals surface area contributed by atoms with Crippen molar-refractivity contribution in [3.63, 3.8) is 0 Å². The number of aromatic amines is 1. The van der Waals surface area contributed by atoms with Crippen LogP contribution in [0.1, 0.15) is 28.1 Å². The van der Waals surface area contributed by atoms with Crippen LogP contribution < -0.4 is 5.32 Å². The molecule has 160 valence electrons. The molecule has 4 rings (SSSR count). The molecular weight excluding hydrogens is 402 g/mol. The van der Waals surface area contributed by atoms with Gasteiger partial charge in [-0.1, -0.05) is 42.0 Å². The van der Waals surface area contributed by atoms with E-state index in [1.807, 2.05) is 18.2 Å². The lowest BCUT2D eigenvalue weighted by atomic mass is 10.1. The summed E-state index contributed by atoms with van der Waals surface area (Å²) in [5, 5.41) is 5.51. The summed E-state index contributed by atoms with van der Waals surface area (Å²) in [6.45, 7) is 6.57. The van der Waals surface area contributed by atoms with E-state index < -0.39 is 0 Å². The molecule has 0 radical (unpaired) electrons. The highest BCUT2D eigenvalue weighted by atomic mass is 32.1. The van der Waals surface area contributed by atoms with Gasteiger partial charge in [-0.2, -0.15) is 0 Å². The van der Waals surface area contributed by atoms with Gasteiger partial charge >= 0.3 is 0 Å². The van der Waals surface area contributed by atoms with E-state index in [9.17, 15) is 0 Å². The van der Waals surface area contributed by atoms with Crippen molar-refractivity contribution in [1.82, 2.24) is 15.2 Å². The number of aryl methyl sites for hydroxylation is 2. The minimum Gasteiger partial charge on any atom is -0.467 e. The molecular formula is C26H29N3OS. The smallest absolute Gasteiger partial charge is 0.169 e. The number of hydrogen-bond donors (Lipinski definition) is 2. The molecule has 0 unspecified atom stereocenters. The van der Waals surface area contributed by atoms with Gasteiger partial charge in [0.25, 0.3) is 0 Å². The summed E-state index contributed by atoms with van der Waals surface area (Å²) < 4.78 is 5.60. The maximum absolute atomic E-state index is 5.77. The van der Waals surface area contributed by atoms with Gasteiger partial charge in [0.15, 0.2) is 5.11 Å². The molecule has 2 N–H and O–H groups in total. The van der Waals surface area contributed by atoms with Crippen LogP contribution >= 0.6 is 12.2 Å². The van der Waals surface area contributed by atoms with Gasteiger partial charge in [0.05, 0.1) is 12.8 Å². The summed E-state index contributed by atoms with van der Waals surface area (Å²) in [5.74, 6) is 0.915. The van der Waals surface area contributed by atoms with Crippen LogP contribution in [0.25, 0.3) is 10.9 Å². The average Bonchev–Trinajstić information content (AvgIpc) is 3.39. The van der Waals surface area contributed by atoms with Gasteiger partial charge in [-0.05, 0) is 74.3 Å². The third-order valence-corrected chi connectivity index (χ3v) is 6.06. The highest BCUT2D eigenvalue weighted by molar-refractivity contribution is 7.80. The topological polar surface area (TPSA) is 44.2 Å². The van der Waals surface area contributed by atoms with E-state index in [-0.39, 0.29) is 0 Å². The molecule has 0 atom stereocenters. The third-order valence-electron chi connectivity index (χ3n) is 5.65. The van der Waals surface area contributed by atoms with Crippen LogP contribution in [0.15, 0.2) is 71.3 Å². The Morgan fingerprint density at radius 2 is 1.87 bits per heavy atom. The number of aromatic nitrogens is 1. The first kappa shape index (κ1) is 21.2. The highest BCUT2D eigenvalue weighted by Gasteiger charge is 2.15. The summed E-state index contributed by atoms with van der Waals surface area (Å²) in [6, 6.07) is 21.0. The lowest BCUT2D eigenvalue weighted by molar-refractivity contribution is 0.360. The summed E-state index contributed by atoms with van der Waals surface area (Å²) >= 11 is 5.77. The molecule has 0 spiro atoms. The summed E-state index contributed by atoms with van der Waals surface area (Å²) in [5.41, 5.74) is 6.36. The Morgan fingerprint density at radius 1 is 1.03 bits per heavy atom. The molecule has 5 heteroatoms. The maximum Gasteiger partial charge on any atom is 0.169 e. The number of nitrogens with one attached hydrogen (secondary N) is 2. The molecule has 31 heavy (non-hydrogen) atoms. The number of hydrogen-bond acceptors (Lipinski definition) is 2. The molecule has 2 heterocycles. The van der Waals surface area contributed by atoms with E-state index in [4.69, 9.17) is 16.6 Å². The van der Waals surface area contributed by atoms with Gasteiger partial charge < -0.3 is 19.6 Å². The van der Waals surface area contributed by atoms with Crippen molar-refractivity contribution in [1.29, 1.82) is 0 Å². The lowest BCUT2D eigenvalue weighted by Crippen LogP contribution is -2.41. The highest BCUT2D eigenvalue weighted by Crippen LogP contribution is 2.24. The monoisotopic (exact) mass is 431 g/mol. The molecule has 2 aromatic heterocycles. The Balaban J connectivity index is 1.44. The van der Waals surface area contributed by atoms with Crippen LogP contribution in [0, 0.1) is 13.8 Å². The fourth-order valence-corrected chi connectivity index (χ4v) is 4.24. The zero-order valence-electron chi connectivity index (χ0n) is 18.2.